The molecule has 1 amide bonds. The van der Waals surface area contributed by atoms with Gasteiger partial charge in [0, 0.05) is 18.4 Å². The average molecular weight is 246 g/mol. The summed E-state index contributed by atoms with van der Waals surface area (Å²) < 4.78 is 0. The number of fused-ring (bicyclic) bond motifs is 1. The Balaban J connectivity index is 2.31. The van der Waals surface area contributed by atoms with Gasteiger partial charge in [-0.1, -0.05) is 6.07 Å². The third kappa shape index (κ3) is 2.29. The van der Waals surface area contributed by atoms with Crippen molar-refractivity contribution in [3.05, 3.63) is 23.8 Å². The molecule has 0 spiro atoms. The van der Waals surface area contributed by atoms with Crippen molar-refractivity contribution >= 4 is 23.4 Å². The first kappa shape index (κ1) is 12.0. The number of thioether (sulfide) groups is 1. The maximum Gasteiger partial charge on any atom is 0.239 e. The molecule has 0 aromatic heterocycles. The van der Waals surface area contributed by atoms with Gasteiger partial charge in [-0.3, -0.25) is 4.79 Å². The quantitative estimate of drug-likeness (QED) is 0.805. The third-order valence-corrected chi connectivity index (χ3v) is 4.03. The van der Waals surface area contributed by atoms with E-state index in [9.17, 15) is 4.79 Å². The molecule has 1 heterocycles. The van der Waals surface area contributed by atoms with Crippen molar-refractivity contribution in [3.8, 4) is 6.07 Å². The molecule has 2 rings (SSSR count). The van der Waals surface area contributed by atoms with E-state index >= 15 is 0 Å². The van der Waals surface area contributed by atoms with Crippen LogP contribution in [0.2, 0.25) is 0 Å². The number of amides is 1. The summed E-state index contributed by atoms with van der Waals surface area (Å²) in [5.74, 6) is 0.146. The Bertz CT molecular complexity index is 493. The van der Waals surface area contributed by atoms with E-state index in [1.165, 1.54) is 0 Å². The topological polar surface area (TPSA) is 44.1 Å². The van der Waals surface area contributed by atoms with Crippen LogP contribution in [0, 0.1) is 11.3 Å². The van der Waals surface area contributed by atoms with Crippen LogP contribution in [0.15, 0.2) is 23.1 Å². The molecule has 4 heteroatoms. The lowest BCUT2D eigenvalue weighted by Gasteiger charge is -2.29. The standard InChI is InChI=1S/C13H14N2OS/c1-9-13(16)15(2)11-6-5-10(4-3-7-14)8-12(11)17-9/h5-6,8-9H,3-4H2,1-2H3. The van der Waals surface area contributed by atoms with Gasteiger partial charge >= 0.3 is 0 Å². The van der Waals surface area contributed by atoms with E-state index in [1.54, 1.807) is 16.7 Å². The monoisotopic (exact) mass is 246 g/mol. The van der Waals surface area contributed by atoms with E-state index in [0.29, 0.717) is 6.42 Å². The van der Waals surface area contributed by atoms with Crippen LogP contribution in [0.25, 0.3) is 0 Å². The van der Waals surface area contributed by atoms with E-state index in [1.807, 2.05) is 26.1 Å². The smallest absolute Gasteiger partial charge is 0.239 e. The van der Waals surface area contributed by atoms with Gasteiger partial charge in [-0.25, -0.2) is 0 Å². The van der Waals surface area contributed by atoms with Crippen molar-refractivity contribution in [2.24, 2.45) is 0 Å². The molecule has 0 N–H and O–H groups in total. The highest BCUT2D eigenvalue weighted by molar-refractivity contribution is 8.00. The predicted molar refractivity (Wildman–Crippen MR) is 69.1 cm³/mol. The van der Waals surface area contributed by atoms with Crippen LogP contribution >= 0.6 is 11.8 Å². The minimum Gasteiger partial charge on any atom is -0.313 e. The Kier molecular flexibility index (Phi) is 3.39. The molecule has 0 saturated heterocycles. The fraction of sp³-hybridized carbons (Fsp3) is 0.385. The Labute approximate surface area is 105 Å². The third-order valence-electron chi connectivity index (χ3n) is 2.89. The van der Waals surface area contributed by atoms with E-state index in [4.69, 9.17) is 5.26 Å². The summed E-state index contributed by atoms with van der Waals surface area (Å²) in [6, 6.07) is 8.21. The lowest BCUT2D eigenvalue weighted by molar-refractivity contribution is -0.117. The number of carbonyl (C=O) groups excluding carboxylic acids is 1. The molecule has 17 heavy (non-hydrogen) atoms. The van der Waals surface area contributed by atoms with Crippen LogP contribution in [0.3, 0.4) is 0 Å². The maximum absolute atomic E-state index is 11.8. The number of aryl methyl sites for hydroxylation is 1. The van der Waals surface area contributed by atoms with Crippen LogP contribution in [-0.4, -0.2) is 18.2 Å². The highest BCUT2D eigenvalue weighted by Crippen LogP contribution is 2.38. The fourth-order valence-electron chi connectivity index (χ4n) is 1.92. The Morgan fingerprint density at radius 2 is 2.29 bits per heavy atom. The Morgan fingerprint density at radius 3 is 3.00 bits per heavy atom. The number of nitrogens with zero attached hydrogens (tertiary/aromatic N) is 2. The zero-order valence-corrected chi connectivity index (χ0v) is 10.8. The highest BCUT2D eigenvalue weighted by atomic mass is 32.2. The van der Waals surface area contributed by atoms with E-state index in [2.05, 4.69) is 12.1 Å². The molecular weight excluding hydrogens is 232 g/mol. The molecule has 1 aliphatic heterocycles. The summed E-state index contributed by atoms with van der Waals surface area (Å²) in [5.41, 5.74) is 2.13. The van der Waals surface area contributed by atoms with Gasteiger partial charge in [-0.2, -0.15) is 5.26 Å². The van der Waals surface area contributed by atoms with Gasteiger partial charge < -0.3 is 4.90 Å². The molecule has 0 aliphatic carbocycles. The molecule has 0 radical (unpaired) electrons. The molecule has 3 nitrogen and oxygen atoms in total. The van der Waals surface area contributed by atoms with Gasteiger partial charge in [-0.05, 0) is 31.0 Å². The van der Waals surface area contributed by atoms with Crippen LogP contribution in [0.4, 0.5) is 5.69 Å². The van der Waals surface area contributed by atoms with Crippen molar-refractivity contribution in [1.29, 1.82) is 5.26 Å². The van der Waals surface area contributed by atoms with Gasteiger partial charge in [0.2, 0.25) is 5.91 Å². The predicted octanol–water partition coefficient (Wildman–Crippen LogP) is 2.60. The number of rotatable bonds is 2. The van der Waals surface area contributed by atoms with Gasteiger partial charge in [0.25, 0.3) is 0 Å². The fourth-order valence-corrected chi connectivity index (χ4v) is 3.10. The SMILES string of the molecule is CC1Sc2cc(CCC#N)ccc2N(C)C1=O. The molecule has 0 bridgehead atoms. The zero-order chi connectivity index (χ0) is 12.4. The van der Waals surface area contributed by atoms with Gasteiger partial charge in [0.1, 0.15) is 0 Å². The number of hydrogen-bond donors (Lipinski definition) is 0. The van der Waals surface area contributed by atoms with Crippen molar-refractivity contribution in [3.63, 3.8) is 0 Å². The first-order valence-electron chi connectivity index (χ1n) is 5.57. The molecule has 1 aromatic carbocycles. The van der Waals surface area contributed by atoms with Gasteiger partial charge in [-0.15, -0.1) is 11.8 Å². The highest BCUT2D eigenvalue weighted by Gasteiger charge is 2.27. The summed E-state index contributed by atoms with van der Waals surface area (Å²) in [7, 11) is 1.81. The number of benzene rings is 1. The first-order chi connectivity index (χ1) is 8.13. The molecular formula is C13H14N2OS. The van der Waals surface area contributed by atoms with Crippen LogP contribution < -0.4 is 4.90 Å². The molecule has 88 valence electrons. The molecule has 0 saturated carbocycles. The summed E-state index contributed by atoms with van der Waals surface area (Å²) in [4.78, 5) is 14.7. The second-order valence-electron chi connectivity index (χ2n) is 4.12. The normalized spacial score (nSPS) is 18.8. The number of carbonyl (C=O) groups is 1. The van der Waals surface area contributed by atoms with Crippen molar-refractivity contribution < 1.29 is 4.79 Å². The molecule has 1 aliphatic rings. The summed E-state index contributed by atoms with van der Waals surface area (Å²) in [6.45, 7) is 1.92. The molecule has 1 atom stereocenters. The molecule has 1 aromatic rings. The van der Waals surface area contributed by atoms with E-state index in [-0.39, 0.29) is 11.2 Å². The number of nitriles is 1. The summed E-state index contributed by atoms with van der Waals surface area (Å²) in [5, 5.41) is 8.55. The van der Waals surface area contributed by atoms with E-state index in [0.717, 1.165) is 22.6 Å². The first-order valence-corrected chi connectivity index (χ1v) is 6.45. The zero-order valence-electron chi connectivity index (χ0n) is 9.93. The molecule has 1 unspecified atom stereocenters. The Hall–Kier alpha value is -1.47. The average Bonchev–Trinajstić information content (AvgIpc) is 2.33. The summed E-state index contributed by atoms with van der Waals surface area (Å²) in [6.07, 6.45) is 1.31. The van der Waals surface area contributed by atoms with Gasteiger partial charge in [0.15, 0.2) is 0 Å². The largest absolute Gasteiger partial charge is 0.313 e. The van der Waals surface area contributed by atoms with E-state index < -0.39 is 0 Å². The van der Waals surface area contributed by atoms with Crippen molar-refractivity contribution in [2.45, 2.75) is 29.9 Å². The number of anilines is 1. The minimum absolute atomic E-state index is 0.0290. The minimum atomic E-state index is -0.0290. The Morgan fingerprint density at radius 1 is 1.53 bits per heavy atom. The van der Waals surface area contributed by atoms with Crippen LogP contribution in [0.5, 0.6) is 0 Å². The van der Waals surface area contributed by atoms with Gasteiger partial charge in [0.05, 0.1) is 17.0 Å². The molecule has 0 fully saturated rings. The second kappa shape index (κ2) is 4.80. The van der Waals surface area contributed by atoms with Crippen molar-refractivity contribution in [1.82, 2.24) is 0 Å². The van der Waals surface area contributed by atoms with Crippen LogP contribution in [0.1, 0.15) is 18.9 Å². The van der Waals surface area contributed by atoms with Crippen LogP contribution in [-0.2, 0) is 11.2 Å². The lowest BCUT2D eigenvalue weighted by Crippen LogP contribution is -2.36. The second-order valence-corrected chi connectivity index (χ2v) is 5.50. The number of hydrogen-bond acceptors (Lipinski definition) is 3. The maximum atomic E-state index is 11.8. The summed E-state index contributed by atoms with van der Waals surface area (Å²) >= 11 is 1.60. The lowest BCUT2D eigenvalue weighted by atomic mass is 10.1. The van der Waals surface area contributed by atoms with Crippen molar-refractivity contribution in [2.75, 3.05) is 11.9 Å².